The number of rotatable bonds is 7. The molecule has 2 rings (SSSR count). The topological polar surface area (TPSA) is 84.2 Å². The molecule has 0 saturated carbocycles. The lowest BCUT2D eigenvalue weighted by Gasteiger charge is -2.06. The van der Waals surface area contributed by atoms with Crippen molar-refractivity contribution in [2.24, 2.45) is 7.05 Å². The van der Waals surface area contributed by atoms with Crippen LogP contribution in [0.15, 0.2) is 24.3 Å². The molecule has 2 N–H and O–H groups in total. The molecule has 0 fully saturated rings. The lowest BCUT2D eigenvalue weighted by Crippen LogP contribution is -2.26. The summed E-state index contributed by atoms with van der Waals surface area (Å²) in [7, 11) is 1.90. The zero-order valence-electron chi connectivity index (χ0n) is 14.3. The molecule has 0 spiro atoms. The molecule has 6 heteroatoms. The summed E-state index contributed by atoms with van der Waals surface area (Å²) >= 11 is 0. The van der Waals surface area contributed by atoms with Gasteiger partial charge in [0, 0.05) is 25.7 Å². The average molecular weight is 329 g/mol. The Morgan fingerprint density at radius 1 is 1.25 bits per heavy atom. The Balaban J connectivity index is 1.79. The molecule has 128 valence electrons. The average Bonchev–Trinajstić information content (AvgIpc) is 2.78. The first-order valence-electron chi connectivity index (χ1n) is 7.96. The molecule has 0 radical (unpaired) electrons. The van der Waals surface area contributed by atoms with E-state index in [-0.39, 0.29) is 11.5 Å². The van der Waals surface area contributed by atoms with Crippen molar-refractivity contribution in [3.8, 4) is 0 Å². The smallest absolute Gasteiger partial charge is 0.335 e. The first-order valence-corrected chi connectivity index (χ1v) is 7.96. The highest BCUT2D eigenvalue weighted by Gasteiger charge is 2.11. The van der Waals surface area contributed by atoms with Crippen LogP contribution in [0.4, 0.5) is 0 Å². The van der Waals surface area contributed by atoms with E-state index in [1.807, 2.05) is 31.6 Å². The Hall–Kier alpha value is -2.63. The van der Waals surface area contributed by atoms with Crippen LogP contribution in [0.5, 0.6) is 0 Å². The first-order chi connectivity index (χ1) is 11.4. The van der Waals surface area contributed by atoms with Gasteiger partial charge in [0.1, 0.15) is 0 Å². The number of amides is 1. The number of aromatic nitrogens is 2. The first kappa shape index (κ1) is 17.7. The number of carboxylic acids is 1. The van der Waals surface area contributed by atoms with Crippen molar-refractivity contribution in [1.82, 2.24) is 15.1 Å². The van der Waals surface area contributed by atoms with Crippen molar-refractivity contribution in [3.05, 3.63) is 52.3 Å². The fourth-order valence-corrected chi connectivity index (χ4v) is 2.71. The van der Waals surface area contributed by atoms with E-state index in [9.17, 15) is 9.59 Å². The number of benzene rings is 1. The van der Waals surface area contributed by atoms with Crippen LogP contribution in [-0.4, -0.2) is 33.3 Å². The molecule has 0 saturated heterocycles. The van der Waals surface area contributed by atoms with E-state index < -0.39 is 5.97 Å². The lowest BCUT2D eigenvalue weighted by molar-refractivity contribution is -0.121. The number of carbonyl (C=O) groups excluding carboxylic acids is 1. The van der Waals surface area contributed by atoms with Crippen LogP contribution in [0.2, 0.25) is 0 Å². The van der Waals surface area contributed by atoms with Gasteiger partial charge in [-0.05, 0) is 49.9 Å². The Morgan fingerprint density at radius 2 is 2.00 bits per heavy atom. The maximum absolute atomic E-state index is 12.0. The third-order valence-corrected chi connectivity index (χ3v) is 4.17. The van der Waals surface area contributed by atoms with Gasteiger partial charge in [0.05, 0.1) is 11.3 Å². The van der Waals surface area contributed by atoms with Crippen LogP contribution in [-0.2, 0) is 24.7 Å². The van der Waals surface area contributed by atoms with Gasteiger partial charge in [0.15, 0.2) is 0 Å². The van der Waals surface area contributed by atoms with E-state index in [0.717, 1.165) is 22.5 Å². The summed E-state index contributed by atoms with van der Waals surface area (Å²) in [5.74, 6) is -0.949. The van der Waals surface area contributed by atoms with Crippen LogP contribution in [0.25, 0.3) is 0 Å². The van der Waals surface area contributed by atoms with Crippen molar-refractivity contribution in [1.29, 1.82) is 0 Å². The van der Waals surface area contributed by atoms with Crippen LogP contribution >= 0.6 is 0 Å². The highest BCUT2D eigenvalue weighted by molar-refractivity contribution is 5.87. The van der Waals surface area contributed by atoms with Crippen molar-refractivity contribution in [3.63, 3.8) is 0 Å². The van der Waals surface area contributed by atoms with E-state index in [1.54, 1.807) is 18.2 Å². The zero-order valence-corrected chi connectivity index (χ0v) is 14.3. The second-order valence-corrected chi connectivity index (χ2v) is 5.88. The normalized spacial score (nSPS) is 10.6. The van der Waals surface area contributed by atoms with Gasteiger partial charge < -0.3 is 10.4 Å². The van der Waals surface area contributed by atoms with Crippen molar-refractivity contribution >= 4 is 11.9 Å². The molecule has 1 aromatic heterocycles. The fraction of sp³-hybridized carbons (Fsp3) is 0.389. The summed E-state index contributed by atoms with van der Waals surface area (Å²) in [5, 5.41) is 16.2. The number of aromatic carboxylic acids is 1. The summed E-state index contributed by atoms with van der Waals surface area (Å²) in [6.07, 6.45) is 1.70. The van der Waals surface area contributed by atoms with Gasteiger partial charge >= 0.3 is 5.97 Å². The minimum atomic E-state index is -0.942. The number of hydrogen-bond acceptors (Lipinski definition) is 3. The van der Waals surface area contributed by atoms with Crippen LogP contribution in [0.1, 0.15) is 39.3 Å². The highest BCUT2D eigenvalue weighted by Crippen LogP contribution is 2.14. The molecular weight excluding hydrogens is 306 g/mol. The highest BCUT2D eigenvalue weighted by atomic mass is 16.4. The van der Waals surface area contributed by atoms with Crippen molar-refractivity contribution < 1.29 is 14.7 Å². The van der Waals surface area contributed by atoms with E-state index in [4.69, 9.17) is 5.11 Å². The Kier molecular flexibility index (Phi) is 5.73. The van der Waals surface area contributed by atoms with Gasteiger partial charge in [-0.25, -0.2) is 4.79 Å². The molecular formula is C18H23N3O3. The van der Waals surface area contributed by atoms with Gasteiger partial charge in [-0.15, -0.1) is 0 Å². The van der Waals surface area contributed by atoms with E-state index in [1.165, 1.54) is 0 Å². The minimum absolute atomic E-state index is 0.00737. The molecule has 0 aliphatic heterocycles. The van der Waals surface area contributed by atoms with Crippen LogP contribution in [0, 0.1) is 13.8 Å². The number of carbonyl (C=O) groups is 2. The Labute approximate surface area is 141 Å². The van der Waals surface area contributed by atoms with Gasteiger partial charge in [-0.1, -0.05) is 12.1 Å². The SMILES string of the molecule is Cc1nn(C)c(C)c1CCC(=O)NCCc1cccc(C(=O)O)c1. The van der Waals surface area contributed by atoms with Gasteiger partial charge in [-0.2, -0.15) is 5.10 Å². The molecule has 24 heavy (non-hydrogen) atoms. The largest absolute Gasteiger partial charge is 0.478 e. The molecule has 0 aliphatic carbocycles. The predicted octanol–water partition coefficient (Wildman–Crippen LogP) is 2.03. The van der Waals surface area contributed by atoms with Gasteiger partial charge in [0.2, 0.25) is 5.91 Å². The fourth-order valence-electron chi connectivity index (χ4n) is 2.71. The third-order valence-electron chi connectivity index (χ3n) is 4.17. The second-order valence-electron chi connectivity index (χ2n) is 5.88. The van der Waals surface area contributed by atoms with Gasteiger partial charge in [-0.3, -0.25) is 9.48 Å². The van der Waals surface area contributed by atoms with E-state index >= 15 is 0 Å². The number of nitrogens with one attached hydrogen (secondary N) is 1. The van der Waals surface area contributed by atoms with Crippen molar-refractivity contribution in [2.45, 2.75) is 33.1 Å². The quantitative estimate of drug-likeness (QED) is 0.814. The van der Waals surface area contributed by atoms with Crippen LogP contribution in [0.3, 0.4) is 0 Å². The molecule has 6 nitrogen and oxygen atoms in total. The predicted molar refractivity (Wildman–Crippen MR) is 91.1 cm³/mol. The summed E-state index contributed by atoms with van der Waals surface area (Å²) < 4.78 is 1.83. The number of nitrogens with zero attached hydrogens (tertiary/aromatic N) is 2. The maximum atomic E-state index is 12.0. The summed E-state index contributed by atoms with van der Waals surface area (Å²) in [5.41, 5.74) is 4.34. The Morgan fingerprint density at radius 3 is 2.62 bits per heavy atom. The monoisotopic (exact) mass is 329 g/mol. The Bertz CT molecular complexity index is 750. The molecule has 0 atom stereocenters. The lowest BCUT2D eigenvalue weighted by atomic mass is 10.1. The third kappa shape index (κ3) is 4.44. The maximum Gasteiger partial charge on any atom is 0.335 e. The standard InChI is InChI=1S/C18H23N3O3/c1-12-16(13(2)21(3)20-12)7-8-17(22)19-10-9-14-5-4-6-15(11-14)18(23)24/h4-6,11H,7-10H2,1-3H3,(H,19,22)(H,23,24). The summed E-state index contributed by atoms with van der Waals surface area (Å²) in [6.45, 7) is 4.45. The van der Waals surface area contributed by atoms with Crippen LogP contribution < -0.4 is 5.32 Å². The molecule has 0 bridgehead atoms. The molecule has 1 heterocycles. The molecule has 2 aromatic rings. The molecule has 0 aliphatic rings. The number of carboxylic acid groups (broad SMARTS) is 1. The summed E-state index contributed by atoms with van der Waals surface area (Å²) in [4.78, 5) is 22.9. The zero-order chi connectivity index (χ0) is 17.7. The number of hydrogen-bond donors (Lipinski definition) is 2. The molecule has 1 aromatic carbocycles. The summed E-state index contributed by atoms with van der Waals surface area (Å²) in [6, 6.07) is 6.77. The van der Waals surface area contributed by atoms with E-state index in [2.05, 4.69) is 10.4 Å². The van der Waals surface area contributed by atoms with Crippen molar-refractivity contribution in [2.75, 3.05) is 6.54 Å². The van der Waals surface area contributed by atoms with E-state index in [0.29, 0.717) is 25.8 Å². The number of aryl methyl sites for hydroxylation is 2. The minimum Gasteiger partial charge on any atom is -0.478 e. The molecule has 1 amide bonds. The second kappa shape index (κ2) is 7.77. The molecule has 0 unspecified atom stereocenters. The van der Waals surface area contributed by atoms with Gasteiger partial charge in [0.25, 0.3) is 0 Å².